The van der Waals surface area contributed by atoms with Gasteiger partial charge in [-0.25, -0.2) is 0 Å². The van der Waals surface area contributed by atoms with Crippen LogP contribution in [0, 0.1) is 25.7 Å². The fourth-order valence-corrected chi connectivity index (χ4v) is 4.48. The Hall–Kier alpha value is -2.74. The zero-order valence-electron chi connectivity index (χ0n) is 17.8. The monoisotopic (exact) mass is 416 g/mol. The number of hydrogen-bond donors (Lipinski definition) is 0. The van der Waals surface area contributed by atoms with Gasteiger partial charge in [0.05, 0.1) is 24.5 Å². The predicted octanol–water partition coefficient (Wildman–Crippen LogP) is 1.99. The van der Waals surface area contributed by atoms with E-state index in [1.54, 1.807) is 13.2 Å². The first kappa shape index (κ1) is 22.0. The minimum atomic E-state index is -0.766. The molecule has 2 heterocycles. The highest BCUT2D eigenvalue weighted by molar-refractivity contribution is 6.07. The number of fused-ring (bicyclic) bond motifs is 1. The molecule has 1 aliphatic carbocycles. The summed E-state index contributed by atoms with van der Waals surface area (Å²) in [6, 6.07) is 1.83. The lowest BCUT2D eigenvalue weighted by molar-refractivity contribution is -0.152. The molecule has 1 fully saturated rings. The number of ether oxygens (including phenoxy) is 2. The second kappa shape index (κ2) is 8.95. The van der Waals surface area contributed by atoms with Crippen LogP contribution in [-0.2, 0) is 23.9 Å². The third-order valence-corrected chi connectivity index (χ3v) is 5.88. The maximum Gasteiger partial charge on any atom is 0.326 e. The van der Waals surface area contributed by atoms with Gasteiger partial charge in [-0.2, -0.15) is 0 Å². The average Bonchev–Trinajstić information content (AvgIpc) is 3.15. The molecule has 0 N–H and O–H groups in total. The molecule has 3 unspecified atom stereocenters. The molecular weight excluding hydrogens is 388 g/mol. The van der Waals surface area contributed by atoms with Crippen LogP contribution in [0.4, 0.5) is 0 Å². The Morgan fingerprint density at radius 3 is 2.30 bits per heavy atom. The maximum absolute atomic E-state index is 12.6. The lowest BCUT2D eigenvalue weighted by Gasteiger charge is -2.17. The largest absolute Gasteiger partial charge is 0.456 e. The molecule has 1 aromatic heterocycles. The number of rotatable bonds is 8. The number of Topliss-reactive ketones (excluding diaryl/α,β-unsaturated/α-hetero) is 1. The summed E-state index contributed by atoms with van der Waals surface area (Å²) in [4.78, 5) is 50.7. The summed E-state index contributed by atoms with van der Waals surface area (Å²) < 4.78 is 12.3. The summed E-state index contributed by atoms with van der Waals surface area (Å²) in [6.07, 6.45) is 4.79. The van der Waals surface area contributed by atoms with Crippen molar-refractivity contribution in [3.05, 3.63) is 35.2 Å². The summed E-state index contributed by atoms with van der Waals surface area (Å²) >= 11 is 0. The molecule has 0 spiro atoms. The predicted molar refractivity (Wildman–Crippen MR) is 108 cm³/mol. The van der Waals surface area contributed by atoms with Crippen molar-refractivity contribution in [3.63, 3.8) is 0 Å². The number of amides is 2. The van der Waals surface area contributed by atoms with Crippen LogP contribution in [0.1, 0.15) is 47.6 Å². The number of carbonyl (C=O) groups excluding carboxylic acids is 4. The van der Waals surface area contributed by atoms with Crippen molar-refractivity contribution >= 4 is 23.6 Å². The first-order valence-corrected chi connectivity index (χ1v) is 10.1. The third kappa shape index (κ3) is 4.09. The van der Waals surface area contributed by atoms with Crippen LogP contribution in [0.25, 0.3) is 0 Å². The zero-order valence-corrected chi connectivity index (χ0v) is 17.8. The highest BCUT2D eigenvalue weighted by Gasteiger charge is 2.47. The van der Waals surface area contributed by atoms with E-state index in [2.05, 4.69) is 0 Å². The molecule has 3 rings (SSSR count). The molecule has 162 valence electrons. The van der Waals surface area contributed by atoms with E-state index in [1.165, 1.54) is 0 Å². The van der Waals surface area contributed by atoms with E-state index < -0.39 is 31.0 Å². The van der Waals surface area contributed by atoms with Gasteiger partial charge in [-0.1, -0.05) is 12.2 Å². The molecule has 0 radical (unpaired) electrons. The summed E-state index contributed by atoms with van der Waals surface area (Å²) in [5.74, 6) is -2.56. The number of hydrogen-bond acceptors (Lipinski definition) is 6. The van der Waals surface area contributed by atoms with Crippen molar-refractivity contribution in [1.82, 2.24) is 9.47 Å². The Kier molecular flexibility index (Phi) is 6.55. The van der Waals surface area contributed by atoms with Crippen LogP contribution < -0.4 is 0 Å². The Labute approximate surface area is 175 Å². The smallest absolute Gasteiger partial charge is 0.326 e. The summed E-state index contributed by atoms with van der Waals surface area (Å²) in [7, 11) is 1.62. The minimum absolute atomic E-state index is 0.0596. The van der Waals surface area contributed by atoms with E-state index in [-0.39, 0.29) is 23.6 Å². The molecule has 2 aliphatic rings. The normalized spacial score (nSPS) is 21.7. The molecule has 0 aromatic carbocycles. The van der Waals surface area contributed by atoms with E-state index in [0.717, 1.165) is 16.3 Å². The van der Waals surface area contributed by atoms with Gasteiger partial charge in [0.25, 0.3) is 0 Å². The van der Waals surface area contributed by atoms with Gasteiger partial charge in [-0.15, -0.1) is 0 Å². The van der Waals surface area contributed by atoms with Crippen LogP contribution in [0.3, 0.4) is 0 Å². The van der Waals surface area contributed by atoms with E-state index in [1.807, 2.05) is 37.5 Å². The van der Waals surface area contributed by atoms with Gasteiger partial charge in [0.1, 0.15) is 6.54 Å². The standard InChI is InChI=1S/C22H28N2O6/c1-13-9-18(15(3)24(13)14(2)11-29-4)19(25)12-30-20(26)10-23-21(27)16-7-5-6-8-17(16)22(23)28/h5-6,9,14,16-17H,7-8,10-12H2,1-4H3. The van der Waals surface area contributed by atoms with E-state index >= 15 is 0 Å². The molecule has 1 aliphatic heterocycles. The zero-order chi connectivity index (χ0) is 22.0. The van der Waals surface area contributed by atoms with Gasteiger partial charge in [0, 0.05) is 24.1 Å². The topological polar surface area (TPSA) is 94.9 Å². The molecular formula is C22H28N2O6. The molecule has 0 bridgehead atoms. The lowest BCUT2D eigenvalue weighted by atomic mass is 9.85. The average molecular weight is 416 g/mol. The van der Waals surface area contributed by atoms with Gasteiger partial charge < -0.3 is 14.0 Å². The van der Waals surface area contributed by atoms with E-state index in [4.69, 9.17) is 9.47 Å². The van der Waals surface area contributed by atoms with E-state index in [0.29, 0.717) is 25.0 Å². The van der Waals surface area contributed by atoms with Gasteiger partial charge in [-0.05, 0) is 39.7 Å². The van der Waals surface area contributed by atoms with Crippen molar-refractivity contribution in [2.75, 3.05) is 26.9 Å². The highest BCUT2D eigenvalue weighted by atomic mass is 16.5. The molecule has 2 amide bonds. The highest BCUT2D eigenvalue weighted by Crippen LogP contribution is 2.34. The number of methoxy groups -OCH3 is 1. The molecule has 8 nitrogen and oxygen atoms in total. The number of likely N-dealkylation sites (tertiary alicyclic amines) is 1. The summed E-state index contributed by atoms with van der Waals surface area (Å²) in [5.41, 5.74) is 2.17. The number of esters is 1. The molecule has 0 saturated carbocycles. The van der Waals surface area contributed by atoms with Gasteiger partial charge >= 0.3 is 5.97 Å². The second-order valence-electron chi connectivity index (χ2n) is 7.96. The maximum atomic E-state index is 12.6. The SMILES string of the molecule is COCC(C)n1c(C)cc(C(=O)COC(=O)CN2C(=O)C3CC=CCC3C2=O)c1C. The van der Waals surface area contributed by atoms with E-state index in [9.17, 15) is 19.2 Å². The molecule has 30 heavy (non-hydrogen) atoms. The number of imide groups is 1. The van der Waals surface area contributed by atoms with Gasteiger partial charge in [0.15, 0.2) is 6.61 Å². The molecule has 1 aromatic rings. The molecule has 8 heteroatoms. The van der Waals surface area contributed by atoms with Crippen LogP contribution in [0.5, 0.6) is 0 Å². The number of aryl methyl sites for hydroxylation is 1. The van der Waals surface area contributed by atoms with Crippen molar-refractivity contribution in [2.24, 2.45) is 11.8 Å². The summed E-state index contributed by atoms with van der Waals surface area (Å²) in [5, 5.41) is 0. The quantitative estimate of drug-likeness (QED) is 0.278. The Balaban J connectivity index is 1.59. The number of ketones is 1. The number of nitrogens with zero attached hydrogens (tertiary/aromatic N) is 2. The van der Waals surface area contributed by atoms with Gasteiger partial charge in [-0.3, -0.25) is 24.1 Å². The molecule has 1 saturated heterocycles. The van der Waals surface area contributed by atoms with Crippen LogP contribution in [0.2, 0.25) is 0 Å². The van der Waals surface area contributed by atoms with Crippen LogP contribution >= 0.6 is 0 Å². The van der Waals surface area contributed by atoms with Crippen LogP contribution in [0.15, 0.2) is 18.2 Å². The number of aromatic nitrogens is 1. The minimum Gasteiger partial charge on any atom is -0.456 e. The summed E-state index contributed by atoms with van der Waals surface area (Å²) in [6.45, 7) is 5.35. The Morgan fingerprint density at radius 2 is 1.73 bits per heavy atom. The fraction of sp³-hybridized carbons (Fsp3) is 0.545. The number of carbonyl (C=O) groups is 4. The van der Waals surface area contributed by atoms with Crippen molar-refractivity contribution < 1.29 is 28.7 Å². The first-order chi connectivity index (χ1) is 14.3. The fourth-order valence-electron chi connectivity index (χ4n) is 4.48. The first-order valence-electron chi connectivity index (χ1n) is 10.1. The third-order valence-electron chi connectivity index (χ3n) is 5.88. The second-order valence-corrected chi connectivity index (χ2v) is 7.96. The molecule has 3 atom stereocenters. The number of allylic oxidation sites excluding steroid dienone is 2. The Morgan fingerprint density at radius 1 is 1.13 bits per heavy atom. The Bertz CT molecular complexity index is 874. The van der Waals surface area contributed by atoms with Crippen molar-refractivity contribution in [1.29, 1.82) is 0 Å². The lowest BCUT2D eigenvalue weighted by Crippen LogP contribution is -2.37. The van der Waals surface area contributed by atoms with Crippen LogP contribution in [-0.4, -0.2) is 59.9 Å². The van der Waals surface area contributed by atoms with Crippen molar-refractivity contribution in [2.45, 2.75) is 39.7 Å². The van der Waals surface area contributed by atoms with Crippen molar-refractivity contribution in [3.8, 4) is 0 Å². The van der Waals surface area contributed by atoms with Gasteiger partial charge in [0.2, 0.25) is 17.6 Å².